The van der Waals surface area contributed by atoms with Gasteiger partial charge in [-0.05, 0) is 54.0 Å². The summed E-state index contributed by atoms with van der Waals surface area (Å²) in [7, 11) is 13.7. The molecule has 3 aromatic rings. The number of hydrogen-bond donors (Lipinski definition) is 3. The minimum Gasteiger partial charge on any atom is -0.360 e. The van der Waals surface area contributed by atoms with Crippen LogP contribution < -0.4 is 21.4 Å². The summed E-state index contributed by atoms with van der Waals surface area (Å²) in [6.07, 6.45) is 1.89. The van der Waals surface area contributed by atoms with E-state index in [2.05, 4.69) is 16.0 Å². The molecule has 48 heavy (non-hydrogen) atoms. The number of para-hydroxylation sites is 1. The van der Waals surface area contributed by atoms with E-state index in [4.69, 9.17) is 27.2 Å². The highest BCUT2D eigenvalue weighted by atomic mass is 35.5. The second-order valence-electron chi connectivity index (χ2n) is 10.1. The molecule has 1 saturated heterocycles. The van der Waals surface area contributed by atoms with Crippen molar-refractivity contribution in [2.75, 3.05) is 25.0 Å². The molecule has 0 aliphatic carbocycles. The Labute approximate surface area is 298 Å². The van der Waals surface area contributed by atoms with Crippen molar-refractivity contribution in [2.24, 2.45) is 0 Å². The summed E-state index contributed by atoms with van der Waals surface area (Å²) < 4.78 is 0. The fourth-order valence-corrected chi connectivity index (χ4v) is 5.08. The molecule has 3 aromatic carbocycles. The van der Waals surface area contributed by atoms with Gasteiger partial charge in [-0.3, -0.25) is 14.5 Å². The van der Waals surface area contributed by atoms with Crippen molar-refractivity contribution in [1.29, 1.82) is 0 Å². The van der Waals surface area contributed by atoms with Gasteiger partial charge in [-0.2, -0.15) is 0 Å². The predicted molar refractivity (Wildman–Crippen MR) is 207 cm³/mol. The van der Waals surface area contributed by atoms with Gasteiger partial charge in [0.2, 0.25) is 11.1 Å². The van der Waals surface area contributed by atoms with Gasteiger partial charge < -0.3 is 16.0 Å². The fraction of sp³-hybridized carbons (Fsp3) is 0.432. The van der Waals surface area contributed by atoms with Crippen LogP contribution >= 0.6 is 11.6 Å². The standard InChI is InChI=1S/C23H28B3N4O2.C8H7ClO.3C2H6/c1-2-18(19-10-6-7-11-20(19)26-25)22(24)29-21(31)15-30-13-12-17(14-30)28-23(32)27-16-8-4-3-5-9-16;9-8(10)6-7-4-2-1-3-5-7;3*1-2/h3-11,17-18,22H,2,12-15H2,1H3,(H,29,31)(H2,27,28,32);1-5H,6H2;3*1-2H3. The number of nitrogens with zero attached hydrogens (tertiary/aromatic N) is 1. The molecule has 3 amide bonds. The van der Waals surface area contributed by atoms with Gasteiger partial charge in [-0.1, -0.05) is 132 Å². The van der Waals surface area contributed by atoms with Gasteiger partial charge >= 0.3 is 6.03 Å². The van der Waals surface area contributed by atoms with Crippen molar-refractivity contribution in [3.8, 4) is 0 Å². The zero-order chi connectivity index (χ0) is 36.3. The molecular weight excluding hydrogens is 616 g/mol. The molecule has 0 bridgehead atoms. The van der Waals surface area contributed by atoms with Crippen molar-refractivity contribution >= 4 is 62.7 Å². The molecule has 0 saturated carbocycles. The van der Waals surface area contributed by atoms with Crippen LogP contribution in [0.3, 0.4) is 0 Å². The van der Waals surface area contributed by atoms with Crippen molar-refractivity contribution in [3.63, 3.8) is 0 Å². The highest BCUT2D eigenvalue weighted by molar-refractivity contribution is 6.97. The Hall–Kier alpha value is -3.49. The smallest absolute Gasteiger partial charge is 0.319 e. The van der Waals surface area contributed by atoms with Gasteiger partial charge in [-0.25, -0.2) is 4.79 Å². The van der Waals surface area contributed by atoms with E-state index in [0.29, 0.717) is 13.0 Å². The second kappa shape index (κ2) is 27.5. The number of halogens is 1. The molecule has 3 atom stereocenters. The lowest BCUT2D eigenvalue weighted by atomic mass is 9.49. The van der Waals surface area contributed by atoms with Crippen LogP contribution in [-0.2, 0) is 16.0 Å². The molecule has 1 fully saturated rings. The summed E-state index contributed by atoms with van der Waals surface area (Å²) in [4.78, 5) is 37.2. The topological polar surface area (TPSA) is 90.5 Å². The lowest BCUT2D eigenvalue weighted by Crippen LogP contribution is -2.46. The number of likely N-dealkylation sites (tertiary alicyclic amines) is 1. The van der Waals surface area contributed by atoms with Crippen LogP contribution in [0.15, 0.2) is 84.9 Å². The lowest BCUT2D eigenvalue weighted by Gasteiger charge is -2.28. The third-order valence-corrected chi connectivity index (χ3v) is 7.10. The van der Waals surface area contributed by atoms with E-state index >= 15 is 0 Å². The largest absolute Gasteiger partial charge is 0.360 e. The van der Waals surface area contributed by atoms with E-state index in [1.807, 2.05) is 138 Å². The Kier molecular flexibility index (Phi) is 25.5. The zero-order valence-electron chi connectivity index (χ0n) is 29.8. The number of carbonyl (C=O) groups excluding carboxylic acids is 3. The second-order valence-corrected chi connectivity index (χ2v) is 10.5. The van der Waals surface area contributed by atoms with E-state index in [-0.39, 0.29) is 35.7 Å². The van der Waals surface area contributed by atoms with Crippen molar-refractivity contribution in [2.45, 2.75) is 85.6 Å². The maximum atomic E-state index is 12.6. The summed E-state index contributed by atoms with van der Waals surface area (Å²) in [6, 6.07) is 26.3. The van der Waals surface area contributed by atoms with Crippen LogP contribution in [0.25, 0.3) is 0 Å². The first kappa shape index (κ1) is 44.5. The van der Waals surface area contributed by atoms with Crippen LogP contribution in [0.4, 0.5) is 10.5 Å². The zero-order valence-corrected chi connectivity index (χ0v) is 30.6. The van der Waals surface area contributed by atoms with Crippen LogP contribution in [0.1, 0.15) is 78.4 Å². The molecular formula is C37H53B3ClN4O3. The molecule has 11 heteroatoms. The van der Waals surface area contributed by atoms with Gasteiger partial charge in [0, 0.05) is 39.0 Å². The first-order valence-electron chi connectivity index (χ1n) is 17.0. The normalized spacial score (nSPS) is 14.2. The van der Waals surface area contributed by atoms with Crippen LogP contribution in [0, 0.1) is 0 Å². The summed E-state index contributed by atoms with van der Waals surface area (Å²) in [5.41, 5.74) is 3.65. The number of amides is 3. The van der Waals surface area contributed by atoms with Crippen LogP contribution in [0.5, 0.6) is 0 Å². The molecule has 255 valence electrons. The first-order chi connectivity index (χ1) is 23.3. The molecule has 0 aromatic heterocycles. The molecule has 3 N–H and O–H groups in total. The van der Waals surface area contributed by atoms with Crippen LogP contribution in [0.2, 0.25) is 0 Å². The number of nitrogens with one attached hydrogen (secondary N) is 3. The Bertz CT molecular complexity index is 1290. The Balaban J connectivity index is 0.00000115. The van der Waals surface area contributed by atoms with Crippen molar-refractivity contribution in [1.82, 2.24) is 15.5 Å². The predicted octanol–water partition coefficient (Wildman–Crippen LogP) is 6.17. The van der Waals surface area contributed by atoms with E-state index in [9.17, 15) is 14.4 Å². The summed E-state index contributed by atoms with van der Waals surface area (Å²) >= 11 is 5.17. The number of carbonyl (C=O) groups is 3. The molecule has 3 unspecified atom stereocenters. The molecule has 1 aliphatic rings. The maximum absolute atomic E-state index is 12.6. The Morgan fingerprint density at radius 2 is 1.46 bits per heavy atom. The quantitative estimate of drug-likeness (QED) is 0.168. The summed E-state index contributed by atoms with van der Waals surface area (Å²) in [5.74, 6) is -0.675. The number of hydrogen-bond acceptors (Lipinski definition) is 4. The number of anilines is 1. The molecule has 5 radical (unpaired) electrons. The van der Waals surface area contributed by atoms with Gasteiger partial charge in [0.05, 0.1) is 21.6 Å². The molecule has 4 rings (SSSR count). The molecule has 7 nitrogen and oxygen atoms in total. The van der Waals surface area contributed by atoms with Gasteiger partial charge in [-0.15, -0.1) is 0 Å². The van der Waals surface area contributed by atoms with Gasteiger partial charge in [0.25, 0.3) is 0 Å². The highest BCUT2D eigenvalue weighted by Crippen LogP contribution is 2.20. The first-order valence-corrected chi connectivity index (χ1v) is 17.4. The van der Waals surface area contributed by atoms with E-state index < -0.39 is 5.94 Å². The average Bonchev–Trinajstić information content (AvgIpc) is 3.54. The van der Waals surface area contributed by atoms with Gasteiger partial charge in [0.15, 0.2) is 0 Å². The number of rotatable bonds is 11. The van der Waals surface area contributed by atoms with E-state index in [1.54, 1.807) is 7.17 Å². The summed E-state index contributed by atoms with van der Waals surface area (Å²) in [6.45, 7) is 15.6. The number of benzene rings is 3. The SMILES string of the molecule is CC.CC.CC.O=C(Cl)Cc1ccccc1.[B][B]c1ccccc1C(CC)C([B])NC(=O)CN1CCC(NC(=O)Nc2ccccc2)C1. The van der Waals surface area contributed by atoms with Gasteiger partial charge in [0.1, 0.15) is 0 Å². The third kappa shape index (κ3) is 17.6. The Morgan fingerprint density at radius 3 is 2.02 bits per heavy atom. The van der Waals surface area contributed by atoms with E-state index in [1.165, 1.54) is 0 Å². The minimum atomic E-state index is -0.512. The Morgan fingerprint density at radius 1 is 0.896 bits per heavy atom. The monoisotopic (exact) mass is 669 g/mol. The minimum absolute atomic E-state index is 0.00413. The highest BCUT2D eigenvalue weighted by Gasteiger charge is 2.27. The fourth-order valence-electron chi connectivity index (χ4n) is 4.93. The maximum Gasteiger partial charge on any atom is 0.319 e. The molecule has 1 aliphatic heterocycles. The third-order valence-electron chi connectivity index (χ3n) is 6.97. The van der Waals surface area contributed by atoms with Crippen molar-refractivity contribution in [3.05, 3.63) is 96.1 Å². The molecule has 0 spiro atoms. The number of urea groups is 1. The van der Waals surface area contributed by atoms with Crippen molar-refractivity contribution < 1.29 is 14.4 Å². The summed E-state index contributed by atoms with van der Waals surface area (Å²) in [5, 5.41) is 8.41. The van der Waals surface area contributed by atoms with Crippen LogP contribution in [-0.4, -0.2) is 76.5 Å². The van der Waals surface area contributed by atoms with E-state index in [0.717, 1.165) is 41.7 Å². The lowest BCUT2D eigenvalue weighted by molar-refractivity contribution is -0.122. The average molecular weight is 670 g/mol. The molecule has 1 heterocycles.